The van der Waals surface area contributed by atoms with Gasteiger partial charge in [-0.2, -0.15) is 0 Å². The monoisotopic (exact) mass is 424 g/mol. The Balaban J connectivity index is 1.71. The highest BCUT2D eigenvalue weighted by Gasteiger charge is 2.40. The van der Waals surface area contributed by atoms with Crippen molar-refractivity contribution < 1.29 is 23.9 Å². The smallest absolute Gasteiger partial charge is 0.410 e. The lowest BCUT2D eigenvalue weighted by atomic mass is 9.98. The molecule has 1 fully saturated rings. The largest absolute Gasteiger partial charge is 0.465 e. The molecule has 0 radical (unpaired) electrons. The van der Waals surface area contributed by atoms with Gasteiger partial charge in [0.05, 0.1) is 25.1 Å². The third kappa shape index (κ3) is 5.63. The van der Waals surface area contributed by atoms with E-state index in [9.17, 15) is 14.4 Å². The highest BCUT2D eigenvalue weighted by Crippen LogP contribution is 2.26. The van der Waals surface area contributed by atoms with Crippen molar-refractivity contribution in [2.75, 3.05) is 25.1 Å². The van der Waals surface area contributed by atoms with Gasteiger partial charge in [0, 0.05) is 18.8 Å². The van der Waals surface area contributed by atoms with Crippen molar-refractivity contribution in [1.29, 1.82) is 0 Å². The summed E-state index contributed by atoms with van der Waals surface area (Å²) in [4.78, 5) is 40.4. The number of anilines is 1. The number of carbonyl (C=O) groups is 3. The van der Waals surface area contributed by atoms with E-state index in [1.807, 2.05) is 63.2 Å². The van der Waals surface area contributed by atoms with Crippen molar-refractivity contribution >= 4 is 23.7 Å². The van der Waals surface area contributed by atoms with Crippen molar-refractivity contribution in [2.24, 2.45) is 5.92 Å². The predicted octanol–water partition coefficient (Wildman–Crippen LogP) is 3.87. The Morgan fingerprint density at radius 2 is 1.61 bits per heavy atom. The topological polar surface area (TPSA) is 76.2 Å². The zero-order valence-corrected chi connectivity index (χ0v) is 18.3. The molecular weight excluding hydrogens is 396 g/mol. The van der Waals surface area contributed by atoms with Crippen LogP contribution in [0.5, 0.6) is 0 Å². The number of hydrogen-bond donors (Lipinski definition) is 0. The Bertz CT molecular complexity index is 929. The second-order valence-corrected chi connectivity index (χ2v) is 8.53. The minimum atomic E-state index is -0.571. The van der Waals surface area contributed by atoms with Gasteiger partial charge in [0.1, 0.15) is 5.60 Å². The summed E-state index contributed by atoms with van der Waals surface area (Å²) < 4.78 is 10.1. The molecule has 2 aromatic carbocycles. The molecule has 0 bridgehead atoms. The van der Waals surface area contributed by atoms with Gasteiger partial charge in [-0.15, -0.1) is 0 Å². The fourth-order valence-corrected chi connectivity index (χ4v) is 3.28. The highest BCUT2D eigenvalue weighted by atomic mass is 16.6. The number of rotatable bonds is 5. The van der Waals surface area contributed by atoms with E-state index in [-0.39, 0.29) is 11.8 Å². The molecule has 0 aromatic heterocycles. The number of esters is 1. The summed E-state index contributed by atoms with van der Waals surface area (Å²) in [6.45, 7) is 6.46. The van der Waals surface area contributed by atoms with Gasteiger partial charge in [-0.25, -0.2) is 9.59 Å². The van der Waals surface area contributed by atoms with E-state index in [0.717, 1.165) is 11.3 Å². The van der Waals surface area contributed by atoms with E-state index in [1.165, 1.54) is 7.11 Å². The third-order valence-corrected chi connectivity index (χ3v) is 4.93. The molecule has 1 aliphatic heterocycles. The minimum absolute atomic E-state index is 0.0527. The SMILES string of the molecule is COC(=O)c1ccc(CN(C(=O)C2CN(C(=O)OC(C)(C)C)C2)c2ccccc2)cc1. The summed E-state index contributed by atoms with van der Waals surface area (Å²) >= 11 is 0. The van der Waals surface area contributed by atoms with E-state index in [1.54, 1.807) is 21.9 Å². The minimum Gasteiger partial charge on any atom is -0.465 e. The number of likely N-dealkylation sites (tertiary alicyclic amines) is 1. The van der Waals surface area contributed by atoms with Gasteiger partial charge in [-0.05, 0) is 50.6 Å². The number of amides is 2. The predicted molar refractivity (Wildman–Crippen MR) is 117 cm³/mol. The number of benzene rings is 2. The van der Waals surface area contributed by atoms with E-state index >= 15 is 0 Å². The number of ether oxygens (including phenoxy) is 2. The first-order valence-electron chi connectivity index (χ1n) is 10.2. The maximum absolute atomic E-state index is 13.3. The molecule has 31 heavy (non-hydrogen) atoms. The molecular formula is C24H28N2O5. The molecule has 0 N–H and O–H groups in total. The molecule has 2 amide bonds. The Hall–Kier alpha value is -3.35. The number of para-hydroxylation sites is 1. The van der Waals surface area contributed by atoms with E-state index in [4.69, 9.17) is 9.47 Å². The molecule has 7 nitrogen and oxygen atoms in total. The average Bonchev–Trinajstić information content (AvgIpc) is 2.70. The van der Waals surface area contributed by atoms with Gasteiger partial charge in [0.15, 0.2) is 0 Å². The highest BCUT2D eigenvalue weighted by molar-refractivity contribution is 5.96. The summed E-state index contributed by atoms with van der Waals surface area (Å²) in [6, 6.07) is 16.4. The van der Waals surface area contributed by atoms with E-state index in [0.29, 0.717) is 25.2 Å². The fourth-order valence-electron chi connectivity index (χ4n) is 3.28. The van der Waals surface area contributed by atoms with E-state index in [2.05, 4.69) is 0 Å². The summed E-state index contributed by atoms with van der Waals surface area (Å²) in [5, 5.41) is 0. The molecule has 2 aromatic rings. The molecule has 7 heteroatoms. The zero-order chi connectivity index (χ0) is 22.6. The molecule has 164 valence electrons. The van der Waals surface area contributed by atoms with Crippen LogP contribution in [0.3, 0.4) is 0 Å². The first kappa shape index (κ1) is 22.3. The normalized spacial score (nSPS) is 13.9. The number of nitrogens with zero attached hydrogens (tertiary/aromatic N) is 2. The second-order valence-electron chi connectivity index (χ2n) is 8.53. The summed E-state index contributed by atoms with van der Waals surface area (Å²) in [7, 11) is 1.34. The van der Waals surface area contributed by atoms with Crippen molar-refractivity contribution in [2.45, 2.75) is 32.9 Å². The van der Waals surface area contributed by atoms with E-state index < -0.39 is 17.7 Å². The average molecular weight is 424 g/mol. The molecule has 0 unspecified atom stereocenters. The Morgan fingerprint density at radius 1 is 1.00 bits per heavy atom. The lowest BCUT2D eigenvalue weighted by Gasteiger charge is -2.41. The van der Waals surface area contributed by atoms with Crippen LogP contribution in [0.2, 0.25) is 0 Å². The third-order valence-electron chi connectivity index (χ3n) is 4.93. The first-order valence-corrected chi connectivity index (χ1v) is 10.2. The molecule has 1 heterocycles. The van der Waals surface area contributed by atoms with Crippen molar-refractivity contribution in [3.05, 3.63) is 65.7 Å². The van der Waals surface area contributed by atoms with Crippen LogP contribution in [0.4, 0.5) is 10.5 Å². The van der Waals surface area contributed by atoms with Crippen LogP contribution in [0.1, 0.15) is 36.7 Å². The Kier molecular flexibility index (Phi) is 6.63. The molecule has 0 aliphatic carbocycles. The maximum Gasteiger partial charge on any atom is 0.410 e. The molecule has 0 spiro atoms. The van der Waals surface area contributed by atoms with Crippen LogP contribution in [0.15, 0.2) is 54.6 Å². The van der Waals surface area contributed by atoms with Gasteiger partial charge in [0.2, 0.25) is 5.91 Å². The molecule has 0 saturated carbocycles. The molecule has 1 saturated heterocycles. The number of methoxy groups -OCH3 is 1. The van der Waals surface area contributed by atoms with Gasteiger partial charge in [-0.1, -0.05) is 30.3 Å². The zero-order valence-electron chi connectivity index (χ0n) is 18.3. The van der Waals surface area contributed by atoms with Gasteiger partial charge in [0.25, 0.3) is 0 Å². The van der Waals surface area contributed by atoms with Gasteiger partial charge in [-0.3, -0.25) is 4.79 Å². The maximum atomic E-state index is 13.3. The Labute approximate surface area is 182 Å². The quantitative estimate of drug-likeness (QED) is 0.681. The van der Waals surface area contributed by atoms with Crippen LogP contribution in [0.25, 0.3) is 0 Å². The van der Waals surface area contributed by atoms with Crippen molar-refractivity contribution in [1.82, 2.24) is 4.90 Å². The molecule has 3 rings (SSSR count). The molecule has 1 aliphatic rings. The van der Waals surface area contributed by atoms with Crippen molar-refractivity contribution in [3.8, 4) is 0 Å². The van der Waals surface area contributed by atoms with Gasteiger partial charge >= 0.3 is 12.1 Å². The lowest BCUT2D eigenvalue weighted by molar-refractivity contribution is -0.127. The number of carbonyl (C=O) groups excluding carboxylic acids is 3. The van der Waals surface area contributed by atoms with Crippen LogP contribution >= 0.6 is 0 Å². The summed E-state index contributed by atoms with van der Waals surface area (Å²) in [6.07, 6.45) is -0.402. The van der Waals surface area contributed by atoms with Crippen LogP contribution < -0.4 is 4.90 Å². The fraction of sp³-hybridized carbons (Fsp3) is 0.375. The first-order chi connectivity index (χ1) is 14.7. The standard InChI is InChI=1S/C24H28N2O5/c1-24(2,3)31-23(29)25-15-19(16-25)21(27)26(20-8-6-5-7-9-20)14-17-10-12-18(13-11-17)22(28)30-4/h5-13,19H,14-16H2,1-4H3. The van der Waals surface area contributed by atoms with Gasteiger partial charge < -0.3 is 19.3 Å². The lowest BCUT2D eigenvalue weighted by Crippen LogP contribution is -2.57. The second kappa shape index (κ2) is 9.20. The molecule has 0 atom stereocenters. The van der Waals surface area contributed by atoms with Crippen LogP contribution in [-0.4, -0.2) is 48.7 Å². The van der Waals surface area contributed by atoms with Crippen molar-refractivity contribution in [3.63, 3.8) is 0 Å². The summed E-state index contributed by atoms with van der Waals surface area (Å²) in [5.74, 6) is -0.746. The van der Waals surface area contributed by atoms with Crippen LogP contribution in [0, 0.1) is 5.92 Å². The number of hydrogen-bond acceptors (Lipinski definition) is 5. The van der Waals surface area contributed by atoms with Crippen LogP contribution in [-0.2, 0) is 20.8 Å². The Morgan fingerprint density at radius 3 is 2.16 bits per heavy atom. The summed E-state index contributed by atoms with van der Waals surface area (Å²) in [5.41, 5.74) is 1.54.